The summed E-state index contributed by atoms with van der Waals surface area (Å²) in [6, 6.07) is 3.66. The summed E-state index contributed by atoms with van der Waals surface area (Å²) in [4.78, 5) is 12.5. The third-order valence-corrected chi connectivity index (χ3v) is 4.74. The van der Waals surface area contributed by atoms with Crippen LogP contribution in [0, 0.1) is 24.2 Å². The van der Waals surface area contributed by atoms with Gasteiger partial charge in [0.15, 0.2) is 0 Å². The van der Waals surface area contributed by atoms with E-state index in [1.54, 1.807) is 0 Å². The van der Waals surface area contributed by atoms with Crippen LogP contribution in [-0.2, 0) is 0 Å². The molecule has 1 atom stereocenters. The van der Waals surface area contributed by atoms with Gasteiger partial charge >= 0.3 is 0 Å². The van der Waals surface area contributed by atoms with E-state index in [4.69, 9.17) is 5.26 Å². The number of rotatable bonds is 3. The molecule has 1 saturated carbocycles. The van der Waals surface area contributed by atoms with Gasteiger partial charge in [-0.2, -0.15) is 5.26 Å². The Kier molecular flexibility index (Phi) is 3.31. The summed E-state index contributed by atoms with van der Waals surface area (Å²) >= 11 is 4.78. The minimum Gasteiger partial charge on any atom is -0.335 e. The third-order valence-electron chi connectivity index (χ3n) is 2.60. The number of amides is 1. The Morgan fingerprint density at radius 1 is 1.75 bits per heavy atom. The zero-order chi connectivity index (χ0) is 11.7. The Morgan fingerprint density at radius 3 is 2.88 bits per heavy atom. The fraction of sp³-hybridized carbons (Fsp3) is 0.455. The van der Waals surface area contributed by atoms with E-state index in [0.717, 1.165) is 22.2 Å². The van der Waals surface area contributed by atoms with Crippen LogP contribution >= 0.6 is 27.3 Å². The molecule has 84 valence electrons. The van der Waals surface area contributed by atoms with Gasteiger partial charge in [0.25, 0.3) is 5.91 Å². The zero-order valence-corrected chi connectivity index (χ0v) is 11.2. The Balaban J connectivity index is 2.05. The number of nitrogens with zero attached hydrogens (tertiary/aromatic N) is 1. The number of carbonyl (C=O) groups is 1. The van der Waals surface area contributed by atoms with Gasteiger partial charge in [0.1, 0.15) is 6.04 Å². The molecule has 16 heavy (non-hydrogen) atoms. The smallest absolute Gasteiger partial charge is 0.262 e. The SMILES string of the molecule is Cc1cc(C(=O)NC(C#N)C2CC2)sc1Br. The van der Waals surface area contributed by atoms with Gasteiger partial charge in [-0.05, 0) is 53.2 Å². The lowest BCUT2D eigenvalue weighted by atomic mass is 10.2. The quantitative estimate of drug-likeness (QED) is 0.933. The number of thiophene rings is 1. The van der Waals surface area contributed by atoms with E-state index >= 15 is 0 Å². The van der Waals surface area contributed by atoms with Gasteiger partial charge in [0, 0.05) is 0 Å². The van der Waals surface area contributed by atoms with Crippen molar-refractivity contribution in [1.82, 2.24) is 5.32 Å². The average molecular weight is 299 g/mol. The molecule has 1 fully saturated rings. The fourth-order valence-electron chi connectivity index (χ4n) is 1.47. The van der Waals surface area contributed by atoms with Gasteiger partial charge in [0.2, 0.25) is 0 Å². The van der Waals surface area contributed by atoms with Crippen molar-refractivity contribution in [3.63, 3.8) is 0 Å². The standard InChI is InChI=1S/C11H11BrN2OS/c1-6-4-9(16-10(6)12)11(15)14-8(5-13)7-2-3-7/h4,7-8H,2-3H2,1H3,(H,14,15). The lowest BCUT2D eigenvalue weighted by Crippen LogP contribution is -2.34. The Labute approximate surface area is 107 Å². The number of carbonyl (C=O) groups excluding carboxylic acids is 1. The number of aryl methyl sites for hydroxylation is 1. The maximum Gasteiger partial charge on any atom is 0.262 e. The van der Waals surface area contributed by atoms with Crippen LogP contribution < -0.4 is 5.32 Å². The summed E-state index contributed by atoms with van der Waals surface area (Å²) in [5.41, 5.74) is 1.05. The Morgan fingerprint density at radius 2 is 2.44 bits per heavy atom. The van der Waals surface area contributed by atoms with Crippen molar-refractivity contribution in [3.8, 4) is 6.07 Å². The number of hydrogen-bond acceptors (Lipinski definition) is 3. The van der Waals surface area contributed by atoms with E-state index < -0.39 is 0 Å². The molecule has 3 nitrogen and oxygen atoms in total. The highest BCUT2D eigenvalue weighted by Crippen LogP contribution is 2.33. The molecule has 0 aromatic carbocycles. The molecule has 0 radical (unpaired) electrons. The van der Waals surface area contributed by atoms with Crippen molar-refractivity contribution >= 4 is 33.2 Å². The Hall–Kier alpha value is -0.860. The Bertz CT molecular complexity index is 440. The van der Waals surface area contributed by atoms with E-state index in [1.807, 2.05) is 13.0 Å². The molecule has 1 aromatic rings. The summed E-state index contributed by atoms with van der Waals surface area (Å²) < 4.78 is 0.970. The highest BCUT2D eigenvalue weighted by atomic mass is 79.9. The minimum absolute atomic E-state index is 0.141. The second-order valence-corrected chi connectivity index (χ2v) is 6.36. The lowest BCUT2D eigenvalue weighted by Gasteiger charge is -2.08. The predicted octanol–water partition coefficient (Wildman–Crippen LogP) is 2.85. The van der Waals surface area contributed by atoms with Gasteiger partial charge in [-0.15, -0.1) is 11.3 Å². The molecule has 1 heterocycles. The van der Waals surface area contributed by atoms with E-state index in [0.29, 0.717) is 10.8 Å². The first-order valence-corrected chi connectivity index (χ1v) is 6.69. The monoisotopic (exact) mass is 298 g/mol. The first kappa shape index (κ1) is 11.6. The van der Waals surface area contributed by atoms with Crippen LogP contribution in [0.2, 0.25) is 0 Å². The summed E-state index contributed by atoms with van der Waals surface area (Å²) in [7, 11) is 0. The van der Waals surface area contributed by atoms with Gasteiger partial charge in [0.05, 0.1) is 14.7 Å². The molecule has 5 heteroatoms. The minimum atomic E-state index is -0.325. The average Bonchev–Trinajstić information content (AvgIpc) is 3.03. The maximum absolute atomic E-state index is 11.8. The molecule has 1 aliphatic rings. The topological polar surface area (TPSA) is 52.9 Å². The lowest BCUT2D eigenvalue weighted by molar-refractivity contribution is 0.0946. The van der Waals surface area contributed by atoms with E-state index in [1.165, 1.54) is 11.3 Å². The van der Waals surface area contributed by atoms with E-state index in [9.17, 15) is 4.79 Å². The van der Waals surface area contributed by atoms with Crippen LogP contribution in [0.5, 0.6) is 0 Å². The second-order valence-electron chi connectivity index (χ2n) is 3.99. The number of halogens is 1. The molecule has 1 unspecified atom stereocenters. The number of nitrogens with one attached hydrogen (secondary N) is 1. The van der Waals surface area contributed by atoms with Crippen molar-refractivity contribution in [3.05, 3.63) is 20.3 Å². The molecule has 0 bridgehead atoms. The molecule has 0 aliphatic heterocycles. The second kappa shape index (κ2) is 4.56. The highest BCUT2D eigenvalue weighted by Gasteiger charge is 2.32. The zero-order valence-electron chi connectivity index (χ0n) is 8.79. The van der Waals surface area contributed by atoms with Crippen LogP contribution in [0.3, 0.4) is 0 Å². The van der Waals surface area contributed by atoms with Crippen LogP contribution in [0.15, 0.2) is 9.85 Å². The number of nitriles is 1. The summed E-state index contributed by atoms with van der Waals surface area (Å²) in [6.45, 7) is 1.94. The third kappa shape index (κ3) is 2.45. The van der Waals surface area contributed by atoms with Gasteiger partial charge in [-0.3, -0.25) is 4.79 Å². The normalized spacial score (nSPS) is 16.6. The van der Waals surface area contributed by atoms with Crippen molar-refractivity contribution in [1.29, 1.82) is 5.26 Å². The maximum atomic E-state index is 11.8. The summed E-state index contributed by atoms with van der Waals surface area (Å²) in [5, 5.41) is 11.7. The highest BCUT2D eigenvalue weighted by molar-refractivity contribution is 9.11. The van der Waals surface area contributed by atoms with Crippen LogP contribution in [-0.4, -0.2) is 11.9 Å². The molecule has 1 N–H and O–H groups in total. The largest absolute Gasteiger partial charge is 0.335 e. The molecule has 1 aromatic heterocycles. The van der Waals surface area contributed by atoms with Crippen molar-refractivity contribution in [2.75, 3.05) is 0 Å². The van der Waals surface area contributed by atoms with E-state index in [-0.39, 0.29) is 11.9 Å². The van der Waals surface area contributed by atoms with E-state index in [2.05, 4.69) is 27.3 Å². The molecule has 1 amide bonds. The van der Waals surface area contributed by atoms with Crippen molar-refractivity contribution < 1.29 is 4.79 Å². The fourth-order valence-corrected chi connectivity index (χ4v) is 2.91. The van der Waals surface area contributed by atoms with Gasteiger partial charge in [-0.25, -0.2) is 0 Å². The molecular weight excluding hydrogens is 288 g/mol. The molecule has 1 aliphatic carbocycles. The van der Waals surface area contributed by atoms with Crippen molar-refractivity contribution in [2.45, 2.75) is 25.8 Å². The molecule has 2 rings (SSSR count). The van der Waals surface area contributed by atoms with Crippen LogP contribution in [0.25, 0.3) is 0 Å². The number of hydrogen-bond donors (Lipinski definition) is 1. The van der Waals surface area contributed by atoms with Gasteiger partial charge in [-0.1, -0.05) is 0 Å². The predicted molar refractivity (Wildman–Crippen MR) is 66.3 cm³/mol. The summed E-state index contributed by atoms with van der Waals surface area (Å²) in [6.07, 6.45) is 2.09. The van der Waals surface area contributed by atoms with Crippen molar-refractivity contribution in [2.24, 2.45) is 5.92 Å². The van der Waals surface area contributed by atoms with Gasteiger partial charge < -0.3 is 5.32 Å². The molecule has 0 spiro atoms. The molecule has 0 saturated heterocycles. The first-order valence-electron chi connectivity index (χ1n) is 5.08. The van der Waals surface area contributed by atoms with Crippen LogP contribution in [0.1, 0.15) is 28.1 Å². The first-order chi connectivity index (χ1) is 7.61. The molecular formula is C11H11BrN2OS. The summed E-state index contributed by atoms with van der Waals surface area (Å²) in [5.74, 6) is 0.218. The van der Waals surface area contributed by atoms with Crippen LogP contribution in [0.4, 0.5) is 0 Å².